The molecule has 0 aromatic heterocycles. The molecule has 0 saturated carbocycles. The molecule has 0 amide bonds. The van der Waals surface area contributed by atoms with E-state index >= 15 is 0 Å². The molecular formula is C10H23NO3. The summed E-state index contributed by atoms with van der Waals surface area (Å²) in [4.78, 5) is 2.00. The monoisotopic (exact) mass is 205 g/mol. The summed E-state index contributed by atoms with van der Waals surface area (Å²) in [5, 5.41) is 0. The summed E-state index contributed by atoms with van der Waals surface area (Å²) in [5.74, 6) is 0. The van der Waals surface area contributed by atoms with Crippen molar-refractivity contribution in [2.75, 3.05) is 47.1 Å². The Morgan fingerprint density at radius 3 is 2.14 bits per heavy atom. The Balaban J connectivity index is 3.41. The Hall–Kier alpha value is -0.160. The van der Waals surface area contributed by atoms with E-state index in [1.807, 2.05) is 32.8 Å². The van der Waals surface area contributed by atoms with Gasteiger partial charge < -0.3 is 14.2 Å². The van der Waals surface area contributed by atoms with Gasteiger partial charge in [0.25, 0.3) is 0 Å². The van der Waals surface area contributed by atoms with Crippen LogP contribution >= 0.6 is 0 Å². The van der Waals surface area contributed by atoms with E-state index in [4.69, 9.17) is 14.2 Å². The van der Waals surface area contributed by atoms with Crippen LogP contribution in [0.1, 0.15) is 13.8 Å². The molecule has 0 saturated heterocycles. The average Bonchev–Trinajstić information content (AvgIpc) is 2.15. The van der Waals surface area contributed by atoms with Gasteiger partial charge in [-0.15, -0.1) is 0 Å². The predicted molar refractivity (Wildman–Crippen MR) is 56.4 cm³/mol. The highest BCUT2D eigenvalue weighted by molar-refractivity contribution is 4.51. The van der Waals surface area contributed by atoms with Gasteiger partial charge >= 0.3 is 0 Å². The normalized spacial score (nSPS) is 13.5. The van der Waals surface area contributed by atoms with Crippen molar-refractivity contribution in [1.29, 1.82) is 0 Å². The van der Waals surface area contributed by atoms with Crippen LogP contribution in [0.25, 0.3) is 0 Å². The Morgan fingerprint density at radius 1 is 1.00 bits per heavy atom. The largest absolute Gasteiger partial charge is 0.379 e. The second-order valence-corrected chi connectivity index (χ2v) is 3.15. The number of likely N-dealkylation sites (N-methyl/N-ethyl adjacent to an activating group) is 1. The van der Waals surface area contributed by atoms with Crippen LogP contribution in [0.15, 0.2) is 0 Å². The molecule has 0 fully saturated rings. The minimum absolute atomic E-state index is 0.0432. The summed E-state index contributed by atoms with van der Waals surface area (Å²) < 4.78 is 16.0. The molecule has 0 aromatic carbocycles. The average molecular weight is 205 g/mol. The maximum atomic E-state index is 5.47. The number of hydrogen-bond acceptors (Lipinski definition) is 4. The molecule has 0 rings (SSSR count). The van der Waals surface area contributed by atoms with Crippen LogP contribution in [0.2, 0.25) is 0 Å². The molecule has 0 aliphatic heterocycles. The quantitative estimate of drug-likeness (QED) is 0.414. The lowest BCUT2D eigenvalue weighted by Gasteiger charge is -2.23. The molecule has 14 heavy (non-hydrogen) atoms. The van der Waals surface area contributed by atoms with Gasteiger partial charge in [0.05, 0.1) is 19.8 Å². The van der Waals surface area contributed by atoms with Crippen LogP contribution in [-0.4, -0.2) is 58.3 Å². The predicted octanol–water partition coefficient (Wildman–Crippen LogP) is 0.964. The van der Waals surface area contributed by atoms with Crippen molar-refractivity contribution in [2.24, 2.45) is 0 Å². The Morgan fingerprint density at radius 2 is 1.64 bits per heavy atom. The Bertz CT molecular complexity index is 120. The highest BCUT2D eigenvalue weighted by Gasteiger charge is 2.10. The van der Waals surface area contributed by atoms with Crippen molar-refractivity contribution >= 4 is 0 Å². The zero-order valence-electron chi connectivity index (χ0n) is 9.78. The SMILES string of the molecule is CCOCCOCC(OCC)N(C)C. The van der Waals surface area contributed by atoms with Gasteiger partial charge in [-0.2, -0.15) is 0 Å². The summed E-state index contributed by atoms with van der Waals surface area (Å²) in [6.45, 7) is 7.28. The van der Waals surface area contributed by atoms with Crippen molar-refractivity contribution in [3.8, 4) is 0 Å². The van der Waals surface area contributed by atoms with Crippen LogP contribution in [0.3, 0.4) is 0 Å². The number of hydrogen-bond donors (Lipinski definition) is 0. The smallest absolute Gasteiger partial charge is 0.133 e. The Kier molecular flexibility index (Phi) is 9.29. The first kappa shape index (κ1) is 13.8. The maximum Gasteiger partial charge on any atom is 0.133 e. The fraction of sp³-hybridized carbons (Fsp3) is 1.00. The lowest BCUT2D eigenvalue weighted by Crippen LogP contribution is -2.35. The van der Waals surface area contributed by atoms with E-state index in [1.54, 1.807) is 0 Å². The molecule has 4 heteroatoms. The van der Waals surface area contributed by atoms with Crippen LogP contribution in [0, 0.1) is 0 Å². The van der Waals surface area contributed by atoms with Gasteiger partial charge in [-0.05, 0) is 27.9 Å². The molecule has 0 radical (unpaired) electrons. The van der Waals surface area contributed by atoms with Gasteiger partial charge in [0, 0.05) is 13.2 Å². The van der Waals surface area contributed by atoms with Crippen LogP contribution in [0.5, 0.6) is 0 Å². The summed E-state index contributed by atoms with van der Waals surface area (Å²) >= 11 is 0. The summed E-state index contributed by atoms with van der Waals surface area (Å²) in [6, 6.07) is 0. The van der Waals surface area contributed by atoms with Crippen molar-refractivity contribution in [3.63, 3.8) is 0 Å². The lowest BCUT2D eigenvalue weighted by molar-refractivity contribution is -0.0865. The van der Waals surface area contributed by atoms with Gasteiger partial charge in [0.2, 0.25) is 0 Å². The maximum absolute atomic E-state index is 5.47. The highest BCUT2D eigenvalue weighted by Crippen LogP contribution is 1.96. The van der Waals surface area contributed by atoms with E-state index in [1.165, 1.54) is 0 Å². The first-order valence-electron chi connectivity index (χ1n) is 5.15. The molecule has 0 bridgehead atoms. The second-order valence-electron chi connectivity index (χ2n) is 3.15. The molecular weight excluding hydrogens is 182 g/mol. The van der Waals surface area contributed by atoms with Crippen molar-refractivity contribution in [2.45, 2.75) is 20.1 Å². The zero-order valence-corrected chi connectivity index (χ0v) is 9.78. The third-order valence-electron chi connectivity index (χ3n) is 1.77. The molecule has 1 atom stereocenters. The minimum Gasteiger partial charge on any atom is -0.379 e. The van der Waals surface area contributed by atoms with E-state index in [0.29, 0.717) is 26.4 Å². The van der Waals surface area contributed by atoms with E-state index in [9.17, 15) is 0 Å². The van der Waals surface area contributed by atoms with Gasteiger partial charge in [0.15, 0.2) is 0 Å². The van der Waals surface area contributed by atoms with Crippen LogP contribution in [0.4, 0.5) is 0 Å². The standard InChI is InChI=1S/C10H23NO3/c1-5-12-7-8-13-9-10(11(3)4)14-6-2/h10H,5-9H2,1-4H3. The molecule has 4 nitrogen and oxygen atoms in total. The number of ether oxygens (including phenoxy) is 3. The van der Waals surface area contributed by atoms with Gasteiger partial charge in [-0.25, -0.2) is 0 Å². The molecule has 86 valence electrons. The highest BCUT2D eigenvalue weighted by atomic mass is 16.6. The second kappa shape index (κ2) is 9.40. The van der Waals surface area contributed by atoms with Crippen LogP contribution < -0.4 is 0 Å². The summed E-state index contributed by atoms with van der Waals surface area (Å²) in [7, 11) is 3.96. The summed E-state index contributed by atoms with van der Waals surface area (Å²) in [6.07, 6.45) is 0.0432. The molecule has 1 unspecified atom stereocenters. The fourth-order valence-electron chi connectivity index (χ4n) is 0.985. The topological polar surface area (TPSA) is 30.9 Å². The molecule has 0 aliphatic rings. The summed E-state index contributed by atoms with van der Waals surface area (Å²) in [5.41, 5.74) is 0. The van der Waals surface area contributed by atoms with Gasteiger partial charge in [-0.1, -0.05) is 0 Å². The van der Waals surface area contributed by atoms with E-state index in [0.717, 1.165) is 6.61 Å². The first-order valence-corrected chi connectivity index (χ1v) is 5.15. The fourth-order valence-corrected chi connectivity index (χ4v) is 0.985. The van der Waals surface area contributed by atoms with E-state index < -0.39 is 0 Å². The van der Waals surface area contributed by atoms with Crippen molar-refractivity contribution in [3.05, 3.63) is 0 Å². The lowest BCUT2D eigenvalue weighted by atomic mass is 10.5. The first-order chi connectivity index (χ1) is 6.72. The molecule has 0 spiro atoms. The molecule has 0 aromatic rings. The third-order valence-corrected chi connectivity index (χ3v) is 1.77. The van der Waals surface area contributed by atoms with Gasteiger partial charge in [0.1, 0.15) is 6.23 Å². The van der Waals surface area contributed by atoms with E-state index in [2.05, 4.69) is 0 Å². The number of rotatable bonds is 9. The van der Waals surface area contributed by atoms with Crippen molar-refractivity contribution < 1.29 is 14.2 Å². The molecule has 0 N–H and O–H groups in total. The minimum atomic E-state index is 0.0432. The van der Waals surface area contributed by atoms with Crippen molar-refractivity contribution in [1.82, 2.24) is 4.90 Å². The Labute approximate surface area is 87.1 Å². The molecule has 0 aliphatic carbocycles. The third kappa shape index (κ3) is 7.26. The van der Waals surface area contributed by atoms with E-state index in [-0.39, 0.29) is 6.23 Å². The number of nitrogens with zero attached hydrogens (tertiary/aromatic N) is 1. The van der Waals surface area contributed by atoms with Gasteiger partial charge in [-0.3, -0.25) is 4.90 Å². The zero-order chi connectivity index (χ0) is 10.8. The van der Waals surface area contributed by atoms with Crippen LogP contribution in [-0.2, 0) is 14.2 Å². The molecule has 0 heterocycles.